The van der Waals surface area contributed by atoms with Gasteiger partial charge in [-0.25, -0.2) is 0 Å². The molecular formula is C13H27ClN2O3. The lowest BCUT2D eigenvalue weighted by atomic mass is 9.54. The highest BCUT2D eigenvalue weighted by Gasteiger charge is 2.62. The van der Waals surface area contributed by atoms with E-state index in [1.54, 1.807) is 0 Å². The highest BCUT2D eigenvalue weighted by molar-refractivity contribution is 5.88. The quantitative estimate of drug-likeness (QED) is 0.690. The van der Waals surface area contributed by atoms with Gasteiger partial charge in [-0.05, 0) is 13.8 Å². The number of nitrogens with one attached hydrogen (secondary N) is 1. The molecule has 1 rings (SSSR count). The van der Waals surface area contributed by atoms with E-state index in [9.17, 15) is 4.79 Å². The molecule has 1 aliphatic rings. The smallest absolute Gasteiger partial charge is 0.240 e. The van der Waals surface area contributed by atoms with E-state index < -0.39 is 5.54 Å². The number of carbonyl (C=O) groups is 1. The second-order valence-corrected chi connectivity index (χ2v) is 5.29. The van der Waals surface area contributed by atoms with Crippen molar-refractivity contribution in [2.24, 2.45) is 11.1 Å². The third kappa shape index (κ3) is 3.60. The van der Waals surface area contributed by atoms with Gasteiger partial charge in [-0.2, -0.15) is 0 Å². The Balaban J connectivity index is 0.00000324. The minimum atomic E-state index is -0.834. The molecule has 1 saturated carbocycles. The number of rotatable bonds is 7. The fourth-order valence-corrected chi connectivity index (χ4v) is 2.36. The van der Waals surface area contributed by atoms with Crippen LogP contribution in [-0.2, 0) is 14.3 Å². The van der Waals surface area contributed by atoms with Gasteiger partial charge in [0.05, 0.1) is 12.7 Å². The Bertz CT molecular complexity index is 300. The van der Waals surface area contributed by atoms with Gasteiger partial charge < -0.3 is 20.5 Å². The minimum absolute atomic E-state index is 0. The van der Waals surface area contributed by atoms with E-state index in [0.717, 1.165) is 0 Å². The van der Waals surface area contributed by atoms with E-state index >= 15 is 0 Å². The molecule has 1 amide bonds. The Morgan fingerprint density at radius 2 is 2.00 bits per heavy atom. The van der Waals surface area contributed by atoms with E-state index in [0.29, 0.717) is 32.8 Å². The lowest BCUT2D eigenvalue weighted by molar-refractivity contribution is -0.170. The maximum absolute atomic E-state index is 12.1. The summed E-state index contributed by atoms with van der Waals surface area (Å²) in [7, 11) is 0. The van der Waals surface area contributed by atoms with Crippen LogP contribution in [0.25, 0.3) is 0 Å². The molecule has 0 aliphatic heterocycles. The third-order valence-corrected chi connectivity index (χ3v) is 3.97. The number of hydrogen-bond donors (Lipinski definition) is 2. The molecular weight excluding hydrogens is 268 g/mol. The Kier molecular flexibility index (Phi) is 7.29. The zero-order valence-electron chi connectivity index (χ0n) is 12.3. The van der Waals surface area contributed by atoms with Gasteiger partial charge in [0, 0.05) is 31.6 Å². The van der Waals surface area contributed by atoms with E-state index in [4.69, 9.17) is 15.2 Å². The van der Waals surface area contributed by atoms with Crippen LogP contribution in [-0.4, -0.2) is 43.9 Å². The lowest BCUT2D eigenvalue weighted by Gasteiger charge is -2.57. The van der Waals surface area contributed by atoms with Crippen molar-refractivity contribution in [3.8, 4) is 0 Å². The van der Waals surface area contributed by atoms with Crippen molar-refractivity contribution in [3.63, 3.8) is 0 Å². The molecule has 1 fully saturated rings. The molecule has 3 N–H and O–H groups in total. The van der Waals surface area contributed by atoms with E-state index in [2.05, 4.69) is 5.32 Å². The Morgan fingerprint density at radius 1 is 1.37 bits per heavy atom. The maximum atomic E-state index is 12.1. The van der Waals surface area contributed by atoms with E-state index in [1.165, 1.54) is 0 Å². The molecule has 2 unspecified atom stereocenters. The van der Waals surface area contributed by atoms with E-state index in [1.807, 2.05) is 27.7 Å². The Morgan fingerprint density at radius 3 is 2.47 bits per heavy atom. The minimum Gasteiger partial charge on any atom is -0.380 e. The van der Waals surface area contributed by atoms with Crippen molar-refractivity contribution in [2.45, 2.75) is 45.8 Å². The molecule has 0 heterocycles. The normalized spacial score (nSPS) is 28.2. The molecule has 114 valence electrons. The molecule has 1 aliphatic carbocycles. The van der Waals surface area contributed by atoms with Crippen LogP contribution in [0.15, 0.2) is 0 Å². The SMILES string of the molecule is CCOCCNC(=O)C1(N)CC(OCC)C1(C)C.Cl. The summed E-state index contributed by atoms with van der Waals surface area (Å²) in [5, 5.41) is 2.83. The van der Waals surface area contributed by atoms with Crippen LogP contribution in [0.3, 0.4) is 0 Å². The van der Waals surface area contributed by atoms with E-state index in [-0.39, 0.29) is 29.8 Å². The van der Waals surface area contributed by atoms with Crippen LogP contribution in [0.2, 0.25) is 0 Å². The van der Waals surface area contributed by atoms with Gasteiger partial charge in [-0.15, -0.1) is 12.4 Å². The molecule has 0 bridgehead atoms. The van der Waals surface area contributed by atoms with Crippen molar-refractivity contribution in [1.82, 2.24) is 5.32 Å². The van der Waals surface area contributed by atoms with Crippen molar-refractivity contribution < 1.29 is 14.3 Å². The lowest BCUT2D eigenvalue weighted by Crippen LogP contribution is -2.75. The van der Waals surface area contributed by atoms with Crippen molar-refractivity contribution in [3.05, 3.63) is 0 Å². The average Bonchev–Trinajstić information content (AvgIpc) is 2.33. The van der Waals surface area contributed by atoms with Crippen LogP contribution >= 0.6 is 12.4 Å². The van der Waals surface area contributed by atoms with Crippen LogP contribution in [0, 0.1) is 5.41 Å². The second-order valence-electron chi connectivity index (χ2n) is 5.29. The Labute approximate surface area is 122 Å². The van der Waals surface area contributed by atoms with Gasteiger partial charge in [-0.1, -0.05) is 13.8 Å². The molecule has 5 nitrogen and oxygen atoms in total. The molecule has 0 radical (unpaired) electrons. The first-order chi connectivity index (χ1) is 8.40. The largest absolute Gasteiger partial charge is 0.380 e. The molecule has 19 heavy (non-hydrogen) atoms. The molecule has 0 aromatic rings. The molecule has 0 aromatic carbocycles. The first-order valence-electron chi connectivity index (χ1n) is 6.66. The standard InChI is InChI=1S/C13H26N2O3.ClH/c1-5-17-8-7-15-11(16)13(14)9-10(18-6-2)12(13,3)4;/h10H,5-9,14H2,1-4H3,(H,15,16);1H. The molecule has 2 atom stereocenters. The van der Waals surface area contributed by atoms with Gasteiger partial charge in [-0.3, -0.25) is 4.79 Å². The summed E-state index contributed by atoms with van der Waals surface area (Å²) in [5.74, 6) is -0.108. The summed E-state index contributed by atoms with van der Waals surface area (Å²) < 4.78 is 10.8. The monoisotopic (exact) mass is 294 g/mol. The summed E-state index contributed by atoms with van der Waals surface area (Å²) >= 11 is 0. The zero-order valence-corrected chi connectivity index (χ0v) is 13.1. The number of halogens is 1. The summed E-state index contributed by atoms with van der Waals surface area (Å²) in [4.78, 5) is 12.1. The maximum Gasteiger partial charge on any atom is 0.240 e. The number of amides is 1. The average molecular weight is 295 g/mol. The summed E-state index contributed by atoms with van der Waals surface area (Å²) in [6.45, 7) is 10.2. The fraction of sp³-hybridized carbons (Fsp3) is 0.923. The van der Waals surface area contributed by atoms with Crippen LogP contribution in [0.4, 0.5) is 0 Å². The highest BCUT2D eigenvalue weighted by atomic mass is 35.5. The molecule has 0 spiro atoms. The first kappa shape index (κ1) is 18.6. The van der Waals surface area contributed by atoms with Gasteiger partial charge in [0.25, 0.3) is 0 Å². The second kappa shape index (κ2) is 7.43. The predicted molar refractivity (Wildman–Crippen MR) is 77.5 cm³/mol. The summed E-state index contributed by atoms with van der Waals surface area (Å²) in [6.07, 6.45) is 0.638. The van der Waals surface area contributed by atoms with Crippen molar-refractivity contribution in [2.75, 3.05) is 26.4 Å². The predicted octanol–water partition coefficient (Wildman–Crippen LogP) is 1.09. The fourth-order valence-electron chi connectivity index (χ4n) is 2.36. The number of hydrogen-bond acceptors (Lipinski definition) is 4. The summed E-state index contributed by atoms with van der Waals surface area (Å²) in [5.41, 5.74) is 5.06. The van der Waals surface area contributed by atoms with Crippen LogP contribution < -0.4 is 11.1 Å². The van der Waals surface area contributed by atoms with Gasteiger partial charge in [0.15, 0.2) is 0 Å². The molecule has 0 aromatic heterocycles. The topological polar surface area (TPSA) is 73.6 Å². The number of carbonyl (C=O) groups excluding carboxylic acids is 1. The van der Waals surface area contributed by atoms with Gasteiger partial charge in [0.2, 0.25) is 5.91 Å². The number of ether oxygens (including phenoxy) is 2. The molecule has 0 saturated heterocycles. The van der Waals surface area contributed by atoms with Crippen LogP contribution in [0.5, 0.6) is 0 Å². The highest BCUT2D eigenvalue weighted by Crippen LogP contribution is 2.49. The van der Waals surface area contributed by atoms with Gasteiger partial charge >= 0.3 is 0 Å². The first-order valence-corrected chi connectivity index (χ1v) is 6.66. The van der Waals surface area contributed by atoms with Crippen molar-refractivity contribution in [1.29, 1.82) is 0 Å². The van der Waals surface area contributed by atoms with Crippen LogP contribution in [0.1, 0.15) is 34.1 Å². The van der Waals surface area contributed by atoms with Gasteiger partial charge in [0.1, 0.15) is 5.54 Å². The molecule has 6 heteroatoms. The summed E-state index contributed by atoms with van der Waals surface area (Å²) in [6, 6.07) is 0. The third-order valence-electron chi connectivity index (χ3n) is 3.97. The van der Waals surface area contributed by atoms with Crippen molar-refractivity contribution >= 4 is 18.3 Å². The number of nitrogens with two attached hydrogens (primary N) is 1. The zero-order chi connectivity index (χ0) is 13.8. The Hall–Kier alpha value is -0.360.